The van der Waals surface area contributed by atoms with Gasteiger partial charge in [0.25, 0.3) is 0 Å². The van der Waals surface area contributed by atoms with E-state index in [4.69, 9.17) is 0 Å². The summed E-state index contributed by atoms with van der Waals surface area (Å²) < 4.78 is 1.21. The van der Waals surface area contributed by atoms with Gasteiger partial charge in [0.1, 0.15) is 0 Å². The molecule has 0 heterocycles. The van der Waals surface area contributed by atoms with E-state index in [2.05, 4.69) is 54.6 Å². The van der Waals surface area contributed by atoms with Crippen LogP contribution in [0.15, 0.2) is 35.3 Å². The summed E-state index contributed by atoms with van der Waals surface area (Å²) in [5.74, 6) is 0.433. The fourth-order valence-electron chi connectivity index (χ4n) is 1.27. The fraction of sp³-hybridized carbons (Fsp3) is 0.333. The lowest BCUT2D eigenvalue weighted by Gasteiger charge is -2.08. The summed E-state index contributed by atoms with van der Waals surface area (Å²) in [4.78, 5) is 0. The minimum Gasteiger partial charge on any atom is -0.102 e. The predicted octanol–water partition coefficient (Wildman–Crippen LogP) is 4.30. The Hall–Kier alpha value is -0.560. The quantitative estimate of drug-likeness (QED) is 0.690. The highest BCUT2D eigenvalue weighted by atomic mass is 79.9. The second-order valence-electron chi connectivity index (χ2n) is 3.23. The molecule has 0 aromatic heterocycles. The molecule has 0 saturated heterocycles. The molecule has 70 valence electrons. The third-order valence-electron chi connectivity index (χ3n) is 2.34. The minimum atomic E-state index is 0.433. The molecular weight excluding hydrogens is 224 g/mol. The molecule has 1 unspecified atom stereocenters. The van der Waals surface area contributed by atoms with Crippen molar-refractivity contribution >= 4 is 15.9 Å². The highest BCUT2D eigenvalue weighted by molar-refractivity contribution is 9.10. The molecule has 0 spiro atoms. The summed E-state index contributed by atoms with van der Waals surface area (Å²) in [5.41, 5.74) is 2.68. The van der Waals surface area contributed by atoms with Gasteiger partial charge in [0.15, 0.2) is 0 Å². The van der Waals surface area contributed by atoms with E-state index in [-0.39, 0.29) is 0 Å². The zero-order valence-corrected chi connectivity index (χ0v) is 9.76. The largest absolute Gasteiger partial charge is 0.102 e. The van der Waals surface area contributed by atoms with E-state index in [1.54, 1.807) is 0 Å². The molecule has 0 fully saturated rings. The second-order valence-corrected chi connectivity index (χ2v) is 4.08. The molecule has 0 N–H and O–H groups in total. The average Bonchev–Trinajstić information content (AvgIpc) is 2.16. The molecule has 1 heteroatoms. The summed E-state index contributed by atoms with van der Waals surface area (Å²) in [7, 11) is 0. The fourth-order valence-corrected chi connectivity index (χ4v) is 1.95. The van der Waals surface area contributed by atoms with Crippen molar-refractivity contribution in [1.82, 2.24) is 0 Å². The van der Waals surface area contributed by atoms with E-state index >= 15 is 0 Å². The molecule has 1 atom stereocenters. The van der Waals surface area contributed by atoms with Crippen LogP contribution in [0.2, 0.25) is 0 Å². The van der Waals surface area contributed by atoms with Gasteiger partial charge in [-0.1, -0.05) is 48.0 Å². The summed E-state index contributed by atoms with van der Waals surface area (Å²) in [6.07, 6.45) is 3.04. The Labute approximate surface area is 88.8 Å². The van der Waals surface area contributed by atoms with Crippen molar-refractivity contribution in [3.63, 3.8) is 0 Å². The van der Waals surface area contributed by atoms with Crippen LogP contribution in [0, 0.1) is 0 Å². The number of hydrogen-bond donors (Lipinski definition) is 0. The first kappa shape index (κ1) is 10.5. The van der Waals surface area contributed by atoms with Crippen LogP contribution in [0.3, 0.4) is 0 Å². The van der Waals surface area contributed by atoms with Crippen LogP contribution in [0.5, 0.6) is 0 Å². The molecule has 0 aliphatic heterocycles. The zero-order chi connectivity index (χ0) is 9.84. The molecule has 0 aliphatic rings. The third kappa shape index (κ3) is 2.44. The van der Waals surface area contributed by atoms with Crippen molar-refractivity contribution in [1.29, 1.82) is 0 Å². The van der Waals surface area contributed by atoms with Crippen molar-refractivity contribution in [2.45, 2.75) is 26.2 Å². The maximum Gasteiger partial charge on any atom is 0.0210 e. The molecule has 13 heavy (non-hydrogen) atoms. The Morgan fingerprint density at radius 2 is 2.23 bits per heavy atom. The zero-order valence-electron chi connectivity index (χ0n) is 8.18. The van der Waals surface area contributed by atoms with Crippen LogP contribution in [0.1, 0.15) is 30.9 Å². The van der Waals surface area contributed by atoms with Crippen LogP contribution in [0.25, 0.3) is 0 Å². The van der Waals surface area contributed by atoms with Crippen LogP contribution < -0.4 is 0 Å². The van der Waals surface area contributed by atoms with E-state index < -0.39 is 0 Å². The number of rotatable bonds is 3. The summed E-state index contributed by atoms with van der Waals surface area (Å²) in [6, 6.07) is 6.54. The van der Waals surface area contributed by atoms with Crippen LogP contribution in [0.4, 0.5) is 0 Å². The van der Waals surface area contributed by atoms with Crippen molar-refractivity contribution < 1.29 is 0 Å². The van der Waals surface area contributed by atoms with E-state index in [0.29, 0.717) is 5.92 Å². The normalized spacial score (nSPS) is 12.5. The Kier molecular flexibility index (Phi) is 3.73. The molecule has 1 aromatic rings. The predicted molar refractivity (Wildman–Crippen MR) is 62.1 cm³/mol. The van der Waals surface area contributed by atoms with Crippen molar-refractivity contribution in [2.24, 2.45) is 0 Å². The molecule has 1 rings (SSSR count). The first-order chi connectivity index (χ1) is 6.19. The first-order valence-corrected chi connectivity index (χ1v) is 5.39. The lowest BCUT2D eigenvalue weighted by Crippen LogP contribution is -1.90. The number of allylic oxidation sites excluding steroid dienone is 1. The number of halogens is 1. The molecule has 0 bridgehead atoms. The average molecular weight is 239 g/mol. The molecule has 0 nitrogen and oxygen atoms in total. The highest BCUT2D eigenvalue weighted by Crippen LogP contribution is 2.24. The topological polar surface area (TPSA) is 0 Å². The van der Waals surface area contributed by atoms with Gasteiger partial charge in [0.2, 0.25) is 0 Å². The van der Waals surface area contributed by atoms with Gasteiger partial charge in [-0.25, -0.2) is 0 Å². The molecule has 0 saturated carbocycles. The van der Waals surface area contributed by atoms with Gasteiger partial charge < -0.3 is 0 Å². The van der Waals surface area contributed by atoms with E-state index in [1.807, 2.05) is 6.08 Å². The van der Waals surface area contributed by atoms with Gasteiger partial charge >= 0.3 is 0 Å². The van der Waals surface area contributed by atoms with Crippen LogP contribution >= 0.6 is 15.9 Å². The summed E-state index contributed by atoms with van der Waals surface area (Å²) in [6.45, 7) is 8.11. The van der Waals surface area contributed by atoms with Crippen molar-refractivity contribution in [2.75, 3.05) is 0 Å². The molecule has 0 amide bonds. The van der Waals surface area contributed by atoms with Crippen molar-refractivity contribution in [3.05, 3.63) is 46.5 Å². The molecule has 0 aliphatic carbocycles. The highest BCUT2D eigenvalue weighted by Gasteiger charge is 2.03. The maximum atomic E-state index is 3.79. The third-order valence-corrected chi connectivity index (χ3v) is 3.08. The Balaban J connectivity index is 3.02. The van der Waals surface area contributed by atoms with E-state index in [1.165, 1.54) is 15.6 Å². The van der Waals surface area contributed by atoms with E-state index in [9.17, 15) is 0 Å². The summed E-state index contributed by atoms with van der Waals surface area (Å²) >= 11 is 3.57. The molecule has 0 radical (unpaired) electrons. The summed E-state index contributed by atoms with van der Waals surface area (Å²) in [5, 5.41) is 0. The van der Waals surface area contributed by atoms with Gasteiger partial charge in [-0.15, -0.1) is 6.58 Å². The lowest BCUT2D eigenvalue weighted by atomic mass is 9.99. The molecular formula is C12H15Br. The smallest absolute Gasteiger partial charge is 0.0210 e. The Bertz CT molecular complexity index is 302. The maximum absolute atomic E-state index is 3.79. The van der Waals surface area contributed by atoms with Gasteiger partial charge in [-0.05, 0) is 29.5 Å². The standard InChI is InChI=1S/C12H15Br/c1-4-9(3)11-7-6-10(5-2)12(13)8-11/h4,6-9H,1,5H2,2-3H3. The number of aryl methyl sites for hydroxylation is 1. The first-order valence-electron chi connectivity index (χ1n) is 4.60. The second kappa shape index (κ2) is 4.61. The molecule has 1 aromatic carbocycles. The number of hydrogen-bond acceptors (Lipinski definition) is 0. The van der Waals surface area contributed by atoms with Crippen molar-refractivity contribution in [3.8, 4) is 0 Å². The van der Waals surface area contributed by atoms with Crippen LogP contribution in [-0.4, -0.2) is 0 Å². The van der Waals surface area contributed by atoms with Gasteiger partial charge in [-0.3, -0.25) is 0 Å². The minimum absolute atomic E-state index is 0.433. The number of benzene rings is 1. The van der Waals surface area contributed by atoms with Crippen LogP contribution in [-0.2, 0) is 6.42 Å². The monoisotopic (exact) mass is 238 g/mol. The Morgan fingerprint density at radius 3 is 2.69 bits per heavy atom. The van der Waals surface area contributed by atoms with Gasteiger partial charge in [0.05, 0.1) is 0 Å². The SMILES string of the molecule is C=CC(C)c1ccc(CC)c(Br)c1. The lowest BCUT2D eigenvalue weighted by molar-refractivity contribution is 0.963. The van der Waals surface area contributed by atoms with Gasteiger partial charge in [-0.2, -0.15) is 0 Å². The Morgan fingerprint density at radius 1 is 1.54 bits per heavy atom. The van der Waals surface area contributed by atoms with Gasteiger partial charge in [0, 0.05) is 4.47 Å². The van der Waals surface area contributed by atoms with E-state index in [0.717, 1.165) is 6.42 Å².